The van der Waals surface area contributed by atoms with Crippen LogP contribution in [0.3, 0.4) is 0 Å². The Morgan fingerprint density at radius 2 is 1.95 bits per heavy atom. The molecule has 21 heavy (non-hydrogen) atoms. The summed E-state index contributed by atoms with van der Waals surface area (Å²) in [5.41, 5.74) is 4.98. The van der Waals surface area contributed by atoms with E-state index in [1.807, 2.05) is 0 Å². The number of nitrogens with two attached hydrogens (primary N) is 1. The summed E-state index contributed by atoms with van der Waals surface area (Å²) in [4.78, 5) is 21.0. The molecular formula is C12H8F2N2O4S. The minimum atomic E-state index is -1.36. The van der Waals surface area contributed by atoms with E-state index in [-0.39, 0.29) is 26.6 Å². The maximum absolute atomic E-state index is 13.4. The average Bonchev–Trinajstić information content (AvgIpc) is 2.69. The minimum Gasteiger partial charge on any atom is -0.477 e. The topological polar surface area (TPSA) is 106 Å². The molecule has 0 aliphatic rings. The molecule has 9 heteroatoms. The van der Waals surface area contributed by atoms with Crippen LogP contribution in [0.25, 0.3) is 10.4 Å². The highest BCUT2D eigenvalue weighted by molar-refractivity contribution is 7.18. The molecular weight excluding hydrogens is 306 g/mol. The number of nitrogen functional groups attached to an aromatic ring is 1. The largest absolute Gasteiger partial charge is 0.477 e. The highest BCUT2D eigenvalue weighted by atomic mass is 32.1. The molecule has 110 valence electrons. The van der Waals surface area contributed by atoms with Crippen molar-refractivity contribution in [2.45, 2.75) is 6.92 Å². The van der Waals surface area contributed by atoms with Crippen molar-refractivity contribution in [3.8, 4) is 10.4 Å². The molecule has 0 aliphatic carbocycles. The third-order valence-corrected chi connectivity index (χ3v) is 4.20. The van der Waals surface area contributed by atoms with E-state index in [2.05, 4.69) is 0 Å². The number of aromatic carboxylic acids is 1. The van der Waals surface area contributed by atoms with Crippen molar-refractivity contribution in [2.75, 3.05) is 5.73 Å². The lowest BCUT2D eigenvalue weighted by molar-refractivity contribution is -0.384. The van der Waals surface area contributed by atoms with Crippen LogP contribution in [0, 0.1) is 28.7 Å². The summed E-state index contributed by atoms with van der Waals surface area (Å²) in [5.74, 6) is -3.91. The summed E-state index contributed by atoms with van der Waals surface area (Å²) in [6, 6.07) is 1.12. The van der Waals surface area contributed by atoms with Crippen LogP contribution >= 0.6 is 11.3 Å². The molecule has 6 nitrogen and oxygen atoms in total. The molecule has 1 aromatic carbocycles. The van der Waals surface area contributed by atoms with Crippen molar-refractivity contribution in [1.29, 1.82) is 0 Å². The number of carbonyl (C=O) groups is 1. The highest BCUT2D eigenvalue weighted by Crippen LogP contribution is 2.42. The summed E-state index contributed by atoms with van der Waals surface area (Å²) in [7, 11) is 0. The molecule has 0 amide bonds. The molecule has 0 fully saturated rings. The fraction of sp³-hybridized carbons (Fsp3) is 0.0833. The van der Waals surface area contributed by atoms with Gasteiger partial charge < -0.3 is 10.8 Å². The van der Waals surface area contributed by atoms with Gasteiger partial charge in [0.1, 0.15) is 4.88 Å². The molecule has 0 bridgehead atoms. The zero-order valence-corrected chi connectivity index (χ0v) is 11.3. The second kappa shape index (κ2) is 5.09. The molecule has 0 saturated heterocycles. The van der Waals surface area contributed by atoms with E-state index >= 15 is 0 Å². The predicted octanol–water partition coefficient (Wildman–Crippen LogP) is 3.19. The summed E-state index contributed by atoms with van der Waals surface area (Å²) in [6.07, 6.45) is 0. The van der Waals surface area contributed by atoms with Crippen molar-refractivity contribution in [3.63, 3.8) is 0 Å². The van der Waals surface area contributed by atoms with Gasteiger partial charge in [-0.25, -0.2) is 13.6 Å². The number of hydrogen-bond donors (Lipinski definition) is 2. The van der Waals surface area contributed by atoms with Crippen LogP contribution < -0.4 is 5.73 Å². The zero-order chi connectivity index (χ0) is 15.9. The van der Waals surface area contributed by atoms with Gasteiger partial charge in [-0.05, 0) is 18.6 Å². The summed E-state index contributed by atoms with van der Waals surface area (Å²) in [5, 5.41) is 20.0. The smallest absolute Gasteiger partial charge is 0.348 e. The number of anilines is 1. The van der Waals surface area contributed by atoms with Crippen LogP contribution in [0.4, 0.5) is 20.2 Å². The van der Waals surface area contributed by atoms with E-state index in [1.54, 1.807) is 0 Å². The number of carboxylic acids is 1. The van der Waals surface area contributed by atoms with Crippen LogP contribution in [-0.4, -0.2) is 16.0 Å². The van der Waals surface area contributed by atoms with Gasteiger partial charge in [0.2, 0.25) is 0 Å². The molecule has 0 radical (unpaired) electrons. The third kappa shape index (κ3) is 2.42. The number of thiophene rings is 1. The second-order valence-electron chi connectivity index (χ2n) is 4.14. The van der Waals surface area contributed by atoms with Crippen molar-refractivity contribution in [3.05, 3.63) is 44.3 Å². The monoisotopic (exact) mass is 314 g/mol. The lowest BCUT2D eigenvalue weighted by Crippen LogP contribution is -1.98. The maximum Gasteiger partial charge on any atom is 0.348 e. The fourth-order valence-electron chi connectivity index (χ4n) is 1.81. The molecule has 0 unspecified atom stereocenters. The van der Waals surface area contributed by atoms with Crippen molar-refractivity contribution >= 4 is 28.7 Å². The average molecular weight is 314 g/mol. The minimum absolute atomic E-state index is 0.0541. The first-order valence-electron chi connectivity index (χ1n) is 5.50. The van der Waals surface area contributed by atoms with Crippen LogP contribution in [-0.2, 0) is 0 Å². The zero-order valence-electron chi connectivity index (χ0n) is 10.5. The Morgan fingerprint density at radius 1 is 1.38 bits per heavy atom. The molecule has 0 saturated carbocycles. The second-order valence-corrected chi connectivity index (χ2v) is 5.17. The van der Waals surface area contributed by atoms with Gasteiger partial charge in [-0.1, -0.05) is 0 Å². The Bertz CT molecular complexity index is 773. The molecule has 2 aromatic rings. The quantitative estimate of drug-likeness (QED) is 0.668. The third-order valence-electron chi connectivity index (χ3n) is 2.87. The van der Waals surface area contributed by atoms with Gasteiger partial charge in [0, 0.05) is 4.88 Å². The van der Waals surface area contributed by atoms with E-state index < -0.39 is 28.2 Å². The molecule has 2 rings (SSSR count). The van der Waals surface area contributed by atoms with Crippen molar-refractivity contribution < 1.29 is 23.6 Å². The first kappa shape index (κ1) is 14.9. The molecule has 0 aliphatic heterocycles. The van der Waals surface area contributed by atoms with Crippen molar-refractivity contribution in [2.24, 2.45) is 0 Å². The lowest BCUT2D eigenvalue weighted by Gasteiger charge is -2.03. The number of hydrogen-bond acceptors (Lipinski definition) is 5. The van der Waals surface area contributed by atoms with Gasteiger partial charge in [-0.2, -0.15) is 0 Å². The van der Waals surface area contributed by atoms with Gasteiger partial charge in [0.25, 0.3) is 5.69 Å². The fourth-order valence-corrected chi connectivity index (χ4v) is 2.90. The number of nitrogens with zero attached hydrogens (tertiary/aromatic N) is 1. The van der Waals surface area contributed by atoms with Crippen LogP contribution in [0.5, 0.6) is 0 Å². The van der Waals surface area contributed by atoms with Crippen LogP contribution in [0.15, 0.2) is 12.1 Å². The summed E-state index contributed by atoms with van der Waals surface area (Å²) in [6.45, 7) is 1.46. The molecule has 0 spiro atoms. The normalized spacial score (nSPS) is 10.6. The van der Waals surface area contributed by atoms with E-state index in [1.165, 1.54) is 6.92 Å². The summed E-state index contributed by atoms with van der Waals surface area (Å²) >= 11 is 0.675. The standard InChI is InChI=1S/C12H8F2N2O4S/c1-4-9(15)11(12(17)18)21-10(4)5-2-6(13)7(14)3-8(5)16(19)20/h2-3H,15H2,1H3,(H,17,18). The van der Waals surface area contributed by atoms with E-state index in [0.29, 0.717) is 23.5 Å². The highest BCUT2D eigenvalue weighted by Gasteiger charge is 2.26. The van der Waals surface area contributed by atoms with Gasteiger partial charge in [0.05, 0.1) is 22.2 Å². The van der Waals surface area contributed by atoms with E-state index in [9.17, 15) is 23.7 Å². The number of nitro benzene ring substituents is 1. The first-order valence-corrected chi connectivity index (χ1v) is 6.31. The molecule has 1 heterocycles. The SMILES string of the molecule is Cc1c(-c2cc(F)c(F)cc2[N+](=O)[O-])sc(C(=O)O)c1N. The Kier molecular flexibility index (Phi) is 3.60. The molecule has 1 aromatic heterocycles. The predicted molar refractivity (Wildman–Crippen MR) is 72.4 cm³/mol. The van der Waals surface area contributed by atoms with E-state index in [4.69, 9.17) is 10.8 Å². The Labute approximate surface area is 120 Å². The number of rotatable bonds is 3. The molecule has 3 N–H and O–H groups in total. The summed E-state index contributed by atoms with van der Waals surface area (Å²) < 4.78 is 26.5. The Hall–Kier alpha value is -2.55. The number of carboxylic acid groups (broad SMARTS) is 1. The number of nitro groups is 1. The van der Waals surface area contributed by atoms with E-state index in [0.717, 1.165) is 0 Å². The Balaban J connectivity index is 2.78. The van der Waals surface area contributed by atoms with Crippen LogP contribution in [0.1, 0.15) is 15.2 Å². The van der Waals surface area contributed by atoms with Gasteiger partial charge in [-0.15, -0.1) is 11.3 Å². The van der Waals surface area contributed by atoms with Gasteiger partial charge in [-0.3, -0.25) is 10.1 Å². The van der Waals surface area contributed by atoms with Crippen molar-refractivity contribution in [1.82, 2.24) is 0 Å². The number of benzene rings is 1. The first-order chi connectivity index (χ1) is 9.73. The molecule has 0 atom stereocenters. The Morgan fingerprint density at radius 3 is 2.43 bits per heavy atom. The van der Waals surface area contributed by atoms with Gasteiger partial charge >= 0.3 is 5.97 Å². The lowest BCUT2D eigenvalue weighted by atomic mass is 10.1. The number of halogens is 2. The van der Waals surface area contributed by atoms with Gasteiger partial charge in [0.15, 0.2) is 11.6 Å². The van der Waals surface area contributed by atoms with Crippen LogP contribution in [0.2, 0.25) is 0 Å². The maximum atomic E-state index is 13.4.